The van der Waals surface area contributed by atoms with Crippen LogP contribution in [0.3, 0.4) is 0 Å². The van der Waals surface area contributed by atoms with Crippen LogP contribution in [0.15, 0.2) is 42.5 Å². The van der Waals surface area contributed by atoms with E-state index in [-0.39, 0.29) is 11.7 Å². The van der Waals surface area contributed by atoms with Crippen LogP contribution < -0.4 is 10.2 Å². The molecule has 26 heavy (non-hydrogen) atoms. The zero-order chi connectivity index (χ0) is 18.5. The third-order valence-corrected chi connectivity index (χ3v) is 4.90. The maximum atomic E-state index is 13.2. The second-order valence-electron chi connectivity index (χ2n) is 6.59. The minimum absolute atomic E-state index is 0.0202. The Kier molecular flexibility index (Phi) is 6.12. The Balaban J connectivity index is 1.51. The first-order chi connectivity index (χ1) is 12.5. The van der Waals surface area contributed by atoms with Crippen molar-refractivity contribution in [1.29, 1.82) is 0 Å². The van der Waals surface area contributed by atoms with E-state index < -0.39 is 0 Å². The summed E-state index contributed by atoms with van der Waals surface area (Å²) in [4.78, 5) is 15.6. The van der Waals surface area contributed by atoms with Crippen molar-refractivity contribution in [2.45, 2.75) is 20.0 Å². The second-order valence-corrected chi connectivity index (χ2v) is 6.99. The topological polar surface area (TPSA) is 35.6 Å². The van der Waals surface area contributed by atoms with Gasteiger partial charge in [-0.1, -0.05) is 35.9 Å². The van der Waals surface area contributed by atoms with E-state index in [1.807, 2.05) is 0 Å². The molecule has 1 N–H and O–H groups in total. The molecular formula is C20H23ClFN3O. The Bertz CT molecular complexity index is 758. The Morgan fingerprint density at radius 1 is 1.08 bits per heavy atom. The average molecular weight is 376 g/mol. The van der Waals surface area contributed by atoms with Gasteiger partial charge in [-0.3, -0.25) is 9.69 Å². The van der Waals surface area contributed by atoms with E-state index in [1.165, 1.54) is 24.6 Å². The zero-order valence-electron chi connectivity index (χ0n) is 14.8. The van der Waals surface area contributed by atoms with Gasteiger partial charge in [0, 0.05) is 46.2 Å². The van der Waals surface area contributed by atoms with Crippen LogP contribution in [0.4, 0.5) is 10.1 Å². The van der Waals surface area contributed by atoms with Crippen LogP contribution in [0, 0.1) is 5.82 Å². The van der Waals surface area contributed by atoms with Gasteiger partial charge in [-0.15, -0.1) is 0 Å². The highest BCUT2D eigenvalue weighted by atomic mass is 35.5. The number of hydrogen-bond acceptors (Lipinski definition) is 3. The van der Waals surface area contributed by atoms with Crippen molar-refractivity contribution in [3.63, 3.8) is 0 Å². The number of halogens is 2. The largest absolute Gasteiger partial charge is 0.368 e. The predicted octanol–water partition coefficient (Wildman–Crippen LogP) is 3.44. The average Bonchev–Trinajstić information content (AvgIpc) is 2.62. The summed E-state index contributed by atoms with van der Waals surface area (Å²) in [7, 11) is 0. The SMILES string of the molecule is CC(=O)NCc1ccc(CN2CCN(c3ccc(F)cc3Cl)CC2)cc1. The molecule has 138 valence electrons. The van der Waals surface area contributed by atoms with Crippen molar-refractivity contribution in [3.05, 3.63) is 64.4 Å². The summed E-state index contributed by atoms with van der Waals surface area (Å²) < 4.78 is 13.2. The van der Waals surface area contributed by atoms with Crippen molar-refractivity contribution in [3.8, 4) is 0 Å². The molecule has 6 heteroatoms. The van der Waals surface area contributed by atoms with Crippen LogP contribution in [-0.2, 0) is 17.9 Å². The molecule has 1 fully saturated rings. The molecule has 1 amide bonds. The van der Waals surface area contributed by atoms with Crippen molar-refractivity contribution in [2.24, 2.45) is 0 Å². The number of anilines is 1. The highest BCUT2D eigenvalue weighted by Gasteiger charge is 2.19. The molecule has 2 aromatic rings. The van der Waals surface area contributed by atoms with E-state index >= 15 is 0 Å². The molecule has 1 heterocycles. The molecule has 0 bridgehead atoms. The maximum absolute atomic E-state index is 13.2. The van der Waals surface area contributed by atoms with Crippen molar-refractivity contribution in [1.82, 2.24) is 10.2 Å². The van der Waals surface area contributed by atoms with Crippen LogP contribution in [0.2, 0.25) is 5.02 Å². The Labute approximate surface area is 158 Å². The summed E-state index contributed by atoms with van der Waals surface area (Å²) in [5.74, 6) is -0.326. The molecule has 2 aromatic carbocycles. The van der Waals surface area contributed by atoms with E-state index in [0.29, 0.717) is 11.6 Å². The molecule has 0 radical (unpaired) electrons. The second kappa shape index (κ2) is 8.52. The molecule has 0 aliphatic carbocycles. The Morgan fingerprint density at radius 2 is 1.73 bits per heavy atom. The van der Waals surface area contributed by atoms with E-state index in [0.717, 1.165) is 44.0 Å². The fourth-order valence-corrected chi connectivity index (χ4v) is 3.42. The van der Waals surface area contributed by atoms with Crippen LogP contribution in [0.1, 0.15) is 18.1 Å². The van der Waals surface area contributed by atoms with Crippen molar-refractivity contribution >= 4 is 23.2 Å². The molecule has 0 spiro atoms. The number of nitrogens with one attached hydrogen (secondary N) is 1. The number of rotatable bonds is 5. The van der Waals surface area contributed by atoms with Gasteiger partial charge in [-0.25, -0.2) is 4.39 Å². The third-order valence-electron chi connectivity index (χ3n) is 4.59. The van der Waals surface area contributed by atoms with Crippen LogP contribution in [0.25, 0.3) is 0 Å². The van der Waals surface area contributed by atoms with E-state index in [1.54, 1.807) is 6.07 Å². The quantitative estimate of drug-likeness (QED) is 0.869. The number of nitrogens with zero attached hydrogens (tertiary/aromatic N) is 2. The van der Waals surface area contributed by atoms with Crippen molar-refractivity contribution in [2.75, 3.05) is 31.1 Å². The van der Waals surface area contributed by atoms with Gasteiger partial charge >= 0.3 is 0 Å². The number of benzene rings is 2. The fraction of sp³-hybridized carbons (Fsp3) is 0.350. The first-order valence-corrected chi connectivity index (χ1v) is 9.13. The summed E-state index contributed by atoms with van der Waals surface area (Å²) in [5, 5.41) is 3.27. The van der Waals surface area contributed by atoms with Crippen molar-refractivity contribution < 1.29 is 9.18 Å². The highest BCUT2D eigenvalue weighted by molar-refractivity contribution is 6.33. The Hall–Kier alpha value is -2.11. The smallest absolute Gasteiger partial charge is 0.217 e. The standard InChI is InChI=1S/C20H23ClFN3O/c1-15(26)23-13-16-2-4-17(5-3-16)14-24-8-10-25(11-9-24)20-7-6-18(22)12-19(20)21/h2-7,12H,8-11,13-14H2,1H3,(H,23,26). The molecule has 0 atom stereocenters. The lowest BCUT2D eigenvalue weighted by Gasteiger charge is -2.36. The molecule has 0 saturated carbocycles. The summed E-state index contributed by atoms with van der Waals surface area (Å²) >= 11 is 6.17. The first kappa shape index (κ1) is 18.7. The lowest BCUT2D eigenvalue weighted by molar-refractivity contribution is -0.119. The van der Waals surface area contributed by atoms with Gasteiger partial charge < -0.3 is 10.2 Å². The van der Waals surface area contributed by atoms with Crippen LogP contribution in [0.5, 0.6) is 0 Å². The van der Waals surface area contributed by atoms with Gasteiger partial charge in [0.15, 0.2) is 0 Å². The van der Waals surface area contributed by atoms with E-state index in [9.17, 15) is 9.18 Å². The maximum Gasteiger partial charge on any atom is 0.217 e. The lowest BCUT2D eigenvalue weighted by Crippen LogP contribution is -2.46. The van der Waals surface area contributed by atoms with Gasteiger partial charge in [-0.2, -0.15) is 0 Å². The van der Waals surface area contributed by atoms with E-state index in [2.05, 4.69) is 39.4 Å². The molecule has 0 aromatic heterocycles. The third kappa shape index (κ3) is 4.96. The summed E-state index contributed by atoms with van der Waals surface area (Å²) in [6, 6.07) is 12.9. The minimum atomic E-state index is -0.306. The van der Waals surface area contributed by atoms with Gasteiger partial charge in [0.2, 0.25) is 5.91 Å². The molecular weight excluding hydrogens is 353 g/mol. The normalized spacial score (nSPS) is 15.1. The number of carbonyl (C=O) groups excluding carboxylic acids is 1. The van der Waals surface area contributed by atoms with Gasteiger partial charge in [0.05, 0.1) is 10.7 Å². The van der Waals surface area contributed by atoms with Crippen LogP contribution in [-0.4, -0.2) is 37.0 Å². The fourth-order valence-electron chi connectivity index (χ4n) is 3.13. The number of carbonyl (C=O) groups is 1. The molecule has 0 unspecified atom stereocenters. The van der Waals surface area contributed by atoms with Gasteiger partial charge in [-0.05, 0) is 29.3 Å². The van der Waals surface area contributed by atoms with Crippen LogP contribution >= 0.6 is 11.6 Å². The van der Waals surface area contributed by atoms with E-state index in [4.69, 9.17) is 11.6 Å². The molecule has 3 rings (SSSR count). The number of amides is 1. The van der Waals surface area contributed by atoms with Gasteiger partial charge in [0.1, 0.15) is 5.82 Å². The number of piperazine rings is 1. The lowest BCUT2D eigenvalue weighted by atomic mass is 10.1. The summed E-state index contributed by atoms with van der Waals surface area (Å²) in [6.45, 7) is 6.58. The Morgan fingerprint density at radius 3 is 2.35 bits per heavy atom. The zero-order valence-corrected chi connectivity index (χ0v) is 15.6. The minimum Gasteiger partial charge on any atom is -0.368 e. The predicted molar refractivity (Wildman–Crippen MR) is 103 cm³/mol. The summed E-state index contributed by atoms with van der Waals surface area (Å²) in [5.41, 5.74) is 3.25. The molecule has 4 nitrogen and oxygen atoms in total. The molecule has 1 aliphatic rings. The monoisotopic (exact) mass is 375 g/mol. The van der Waals surface area contributed by atoms with Gasteiger partial charge in [0.25, 0.3) is 0 Å². The number of hydrogen-bond donors (Lipinski definition) is 1. The summed E-state index contributed by atoms with van der Waals surface area (Å²) in [6.07, 6.45) is 0. The first-order valence-electron chi connectivity index (χ1n) is 8.76. The highest BCUT2D eigenvalue weighted by Crippen LogP contribution is 2.27. The molecule has 1 aliphatic heterocycles. The molecule has 1 saturated heterocycles.